The maximum absolute atomic E-state index is 11.8. The minimum Gasteiger partial charge on any atom is -0.493 e. The zero-order chi connectivity index (χ0) is 15.5. The van der Waals surface area contributed by atoms with E-state index in [0.717, 1.165) is 24.2 Å². The van der Waals surface area contributed by atoms with Crippen molar-refractivity contribution in [3.63, 3.8) is 0 Å². The average Bonchev–Trinajstić information content (AvgIpc) is 2.55. The third-order valence-electron chi connectivity index (χ3n) is 3.63. The Morgan fingerprint density at radius 3 is 2.73 bits per heavy atom. The molecule has 114 valence electrons. The molecule has 0 atom stereocenters. The molecule has 2 aromatic rings. The molecule has 0 aliphatic heterocycles. The first-order valence-corrected chi connectivity index (χ1v) is 7.09. The van der Waals surface area contributed by atoms with Gasteiger partial charge in [0.05, 0.1) is 25.5 Å². The highest BCUT2D eigenvalue weighted by Crippen LogP contribution is 2.30. The van der Waals surface area contributed by atoms with E-state index in [1.165, 1.54) is 0 Å². The molecular weight excluding hydrogens is 282 g/mol. The van der Waals surface area contributed by atoms with Gasteiger partial charge in [-0.25, -0.2) is 9.97 Å². The molecule has 0 amide bonds. The van der Waals surface area contributed by atoms with Crippen molar-refractivity contribution in [1.82, 2.24) is 9.97 Å². The predicted molar refractivity (Wildman–Crippen MR) is 82.1 cm³/mol. The van der Waals surface area contributed by atoms with Gasteiger partial charge in [-0.2, -0.15) is 0 Å². The van der Waals surface area contributed by atoms with E-state index >= 15 is 0 Å². The van der Waals surface area contributed by atoms with Crippen molar-refractivity contribution in [3.8, 4) is 11.5 Å². The number of aryl methyl sites for hydroxylation is 1. The van der Waals surface area contributed by atoms with Crippen molar-refractivity contribution in [3.05, 3.63) is 35.7 Å². The van der Waals surface area contributed by atoms with E-state index < -0.39 is 0 Å². The lowest BCUT2D eigenvalue weighted by Crippen LogP contribution is -2.14. The van der Waals surface area contributed by atoms with Crippen molar-refractivity contribution in [2.45, 2.75) is 19.3 Å². The van der Waals surface area contributed by atoms with Crippen molar-refractivity contribution in [2.24, 2.45) is 0 Å². The number of anilines is 2. The molecule has 0 radical (unpaired) electrons. The van der Waals surface area contributed by atoms with Crippen molar-refractivity contribution < 1.29 is 14.3 Å². The molecule has 1 heterocycles. The summed E-state index contributed by atoms with van der Waals surface area (Å²) in [5.41, 5.74) is 2.25. The standard InChI is InChI=1S/C16H17N3O3/c1-21-14-7-6-10(8-15(14)22-2)18-16-17-9-11-12(19-16)4-3-5-13(11)20/h6-9H,3-5H2,1-2H3,(H,17,18,19). The molecular formula is C16H17N3O3. The van der Waals surface area contributed by atoms with E-state index in [0.29, 0.717) is 29.4 Å². The summed E-state index contributed by atoms with van der Waals surface area (Å²) in [6.45, 7) is 0. The second kappa shape index (κ2) is 6.01. The number of nitrogens with zero attached hydrogens (tertiary/aromatic N) is 2. The van der Waals surface area contributed by atoms with Crippen LogP contribution in [0.2, 0.25) is 0 Å². The van der Waals surface area contributed by atoms with Crippen LogP contribution in [-0.4, -0.2) is 30.0 Å². The summed E-state index contributed by atoms with van der Waals surface area (Å²) in [6.07, 6.45) is 3.84. The lowest BCUT2D eigenvalue weighted by Gasteiger charge is -2.15. The number of hydrogen-bond acceptors (Lipinski definition) is 6. The van der Waals surface area contributed by atoms with Gasteiger partial charge >= 0.3 is 0 Å². The lowest BCUT2D eigenvalue weighted by atomic mass is 9.96. The first-order valence-electron chi connectivity index (χ1n) is 7.09. The van der Waals surface area contributed by atoms with Crippen LogP contribution >= 0.6 is 0 Å². The topological polar surface area (TPSA) is 73.3 Å². The Bertz CT molecular complexity index is 716. The van der Waals surface area contributed by atoms with Gasteiger partial charge in [-0.1, -0.05) is 0 Å². The molecule has 1 aliphatic carbocycles. The maximum Gasteiger partial charge on any atom is 0.227 e. The van der Waals surface area contributed by atoms with E-state index in [4.69, 9.17) is 9.47 Å². The SMILES string of the molecule is COc1ccc(Nc2ncc3c(n2)CCCC3=O)cc1OC. The Morgan fingerprint density at radius 1 is 1.14 bits per heavy atom. The van der Waals surface area contributed by atoms with Gasteiger partial charge in [-0.3, -0.25) is 4.79 Å². The molecule has 6 heteroatoms. The van der Waals surface area contributed by atoms with Crippen LogP contribution < -0.4 is 14.8 Å². The number of rotatable bonds is 4. The minimum absolute atomic E-state index is 0.124. The van der Waals surface area contributed by atoms with E-state index in [1.807, 2.05) is 18.2 Å². The van der Waals surface area contributed by atoms with Gasteiger partial charge in [0, 0.05) is 24.4 Å². The number of fused-ring (bicyclic) bond motifs is 1. The van der Waals surface area contributed by atoms with Gasteiger partial charge in [0.25, 0.3) is 0 Å². The third kappa shape index (κ3) is 2.72. The molecule has 0 bridgehead atoms. The molecule has 0 unspecified atom stereocenters. The molecule has 0 saturated heterocycles. The fraction of sp³-hybridized carbons (Fsp3) is 0.312. The lowest BCUT2D eigenvalue weighted by molar-refractivity contribution is 0.0971. The summed E-state index contributed by atoms with van der Waals surface area (Å²) in [4.78, 5) is 20.4. The van der Waals surface area contributed by atoms with Crippen LogP contribution in [0.15, 0.2) is 24.4 Å². The number of aromatic nitrogens is 2. The van der Waals surface area contributed by atoms with Crippen LogP contribution in [0.25, 0.3) is 0 Å². The number of ketones is 1. The molecule has 0 saturated carbocycles. The van der Waals surface area contributed by atoms with Crippen LogP contribution in [0, 0.1) is 0 Å². The number of benzene rings is 1. The average molecular weight is 299 g/mol. The smallest absolute Gasteiger partial charge is 0.227 e. The van der Waals surface area contributed by atoms with E-state index in [9.17, 15) is 4.79 Å². The highest BCUT2D eigenvalue weighted by Gasteiger charge is 2.19. The van der Waals surface area contributed by atoms with E-state index in [2.05, 4.69) is 15.3 Å². The summed E-state index contributed by atoms with van der Waals surface area (Å²) in [6, 6.07) is 5.48. The maximum atomic E-state index is 11.8. The van der Waals surface area contributed by atoms with E-state index in [1.54, 1.807) is 20.4 Å². The van der Waals surface area contributed by atoms with Crippen molar-refractivity contribution >= 4 is 17.4 Å². The number of ether oxygens (including phenoxy) is 2. The first kappa shape index (κ1) is 14.3. The minimum atomic E-state index is 0.124. The Hall–Kier alpha value is -2.63. The summed E-state index contributed by atoms with van der Waals surface area (Å²) in [5.74, 6) is 1.88. The number of Topliss-reactive ketones (excluding diaryl/α,β-unsaturated/α-hetero) is 1. The normalized spacial score (nSPS) is 13.5. The highest BCUT2D eigenvalue weighted by molar-refractivity contribution is 5.97. The molecule has 1 N–H and O–H groups in total. The summed E-state index contributed by atoms with van der Waals surface area (Å²) in [7, 11) is 3.18. The molecule has 6 nitrogen and oxygen atoms in total. The molecule has 1 aromatic carbocycles. The van der Waals surface area contributed by atoms with Gasteiger partial charge in [0.1, 0.15) is 0 Å². The number of methoxy groups -OCH3 is 2. The summed E-state index contributed by atoms with van der Waals surface area (Å²) in [5, 5.41) is 3.13. The summed E-state index contributed by atoms with van der Waals surface area (Å²) >= 11 is 0. The molecule has 0 spiro atoms. The molecule has 22 heavy (non-hydrogen) atoms. The van der Waals surface area contributed by atoms with Crippen molar-refractivity contribution in [1.29, 1.82) is 0 Å². The summed E-state index contributed by atoms with van der Waals surface area (Å²) < 4.78 is 10.5. The molecule has 1 aromatic heterocycles. The van der Waals surface area contributed by atoms with Crippen LogP contribution in [0.4, 0.5) is 11.6 Å². The predicted octanol–water partition coefficient (Wildman–Crippen LogP) is 2.76. The Labute approximate surface area is 128 Å². The number of hydrogen-bond donors (Lipinski definition) is 1. The Morgan fingerprint density at radius 2 is 1.95 bits per heavy atom. The van der Waals surface area contributed by atoms with Crippen LogP contribution in [-0.2, 0) is 6.42 Å². The highest BCUT2D eigenvalue weighted by atomic mass is 16.5. The van der Waals surface area contributed by atoms with Gasteiger partial charge in [-0.05, 0) is 25.0 Å². The molecule has 3 rings (SSSR count). The van der Waals surface area contributed by atoms with Crippen molar-refractivity contribution in [2.75, 3.05) is 19.5 Å². The quantitative estimate of drug-likeness (QED) is 0.935. The number of carbonyl (C=O) groups excluding carboxylic acids is 1. The third-order valence-corrected chi connectivity index (χ3v) is 3.63. The van der Waals surface area contributed by atoms with Gasteiger partial charge in [0.2, 0.25) is 5.95 Å². The zero-order valence-electron chi connectivity index (χ0n) is 12.5. The van der Waals surface area contributed by atoms with Crippen LogP contribution in [0.1, 0.15) is 28.9 Å². The molecule has 0 fully saturated rings. The van der Waals surface area contributed by atoms with Gasteiger partial charge < -0.3 is 14.8 Å². The Balaban J connectivity index is 1.86. The monoisotopic (exact) mass is 299 g/mol. The fourth-order valence-electron chi connectivity index (χ4n) is 2.49. The second-order valence-electron chi connectivity index (χ2n) is 5.03. The van der Waals surface area contributed by atoms with E-state index in [-0.39, 0.29) is 5.78 Å². The largest absolute Gasteiger partial charge is 0.493 e. The number of nitrogens with one attached hydrogen (secondary N) is 1. The zero-order valence-corrected chi connectivity index (χ0v) is 12.5. The van der Waals surface area contributed by atoms with Gasteiger partial charge in [0.15, 0.2) is 17.3 Å². The second-order valence-corrected chi connectivity index (χ2v) is 5.03. The van der Waals surface area contributed by atoms with Crippen LogP contribution in [0.5, 0.6) is 11.5 Å². The Kier molecular flexibility index (Phi) is 3.91. The van der Waals surface area contributed by atoms with Crippen LogP contribution in [0.3, 0.4) is 0 Å². The molecule has 1 aliphatic rings. The number of carbonyl (C=O) groups is 1. The first-order chi connectivity index (χ1) is 10.7. The van der Waals surface area contributed by atoms with Gasteiger partial charge in [-0.15, -0.1) is 0 Å². The fourth-order valence-corrected chi connectivity index (χ4v) is 2.49.